The molecule has 2 aliphatic heterocycles. The average Bonchev–Trinajstić information content (AvgIpc) is 2.44. The van der Waals surface area contributed by atoms with Crippen molar-refractivity contribution in [2.75, 3.05) is 31.7 Å². The maximum Gasteiger partial charge on any atom is 0.258 e. The Morgan fingerprint density at radius 1 is 1.35 bits per heavy atom. The summed E-state index contributed by atoms with van der Waals surface area (Å²) in [5.74, 6) is -1.80. The number of nitrogens with zero attached hydrogens (tertiary/aromatic N) is 3. The lowest BCUT2D eigenvalue weighted by Crippen LogP contribution is -2.41. The van der Waals surface area contributed by atoms with Crippen LogP contribution in [0.5, 0.6) is 0 Å². The second-order valence-electron chi connectivity index (χ2n) is 4.73. The minimum Gasteiger partial charge on any atom is -0.341 e. The van der Waals surface area contributed by atoms with Gasteiger partial charge in [0.05, 0.1) is 6.67 Å². The number of rotatable bonds is 0. The van der Waals surface area contributed by atoms with Crippen molar-refractivity contribution in [3.8, 4) is 0 Å². The van der Waals surface area contributed by atoms with Crippen LogP contribution in [-0.2, 0) is 0 Å². The monoisotopic (exact) mass is 285 g/mol. The summed E-state index contributed by atoms with van der Waals surface area (Å²) in [6.07, 6.45) is 2.97. The molecule has 0 radical (unpaired) electrons. The molecule has 0 aliphatic carbocycles. The number of carbonyl (C=O) groups excluding carboxylic acids is 1. The van der Waals surface area contributed by atoms with Gasteiger partial charge in [0.25, 0.3) is 11.8 Å². The molecule has 0 saturated carbocycles. The normalized spacial score (nSPS) is 20.4. The largest absolute Gasteiger partial charge is 0.341 e. The van der Waals surface area contributed by atoms with Crippen molar-refractivity contribution >= 4 is 11.7 Å². The quantitative estimate of drug-likeness (QED) is 0.731. The number of hydrogen-bond donors (Lipinski definition) is 2. The molecule has 0 atom stereocenters. The topological polar surface area (TPSA) is 70.2 Å². The van der Waals surface area contributed by atoms with Crippen LogP contribution >= 0.6 is 0 Å². The molecule has 1 saturated heterocycles. The van der Waals surface area contributed by atoms with E-state index in [0.717, 1.165) is 0 Å². The van der Waals surface area contributed by atoms with Gasteiger partial charge in [0.1, 0.15) is 17.7 Å². The number of piperidine rings is 1. The molecule has 8 heteroatoms. The Kier molecular flexibility index (Phi) is 4.43. The van der Waals surface area contributed by atoms with Gasteiger partial charge in [-0.15, -0.1) is 0 Å². The Morgan fingerprint density at radius 2 is 2.05 bits per heavy atom. The van der Waals surface area contributed by atoms with Crippen LogP contribution in [0.4, 0.5) is 14.6 Å². The third-order valence-electron chi connectivity index (χ3n) is 3.11. The van der Waals surface area contributed by atoms with Crippen molar-refractivity contribution in [1.29, 1.82) is 0 Å². The summed E-state index contributed by atoms with van der Waals surface area (Å²) in [5, 5.41) is 5.56. The number of alkyl halides is 2. The van der Waals surface area contributed by atoms with Crippen LogP contribution in [0.2, 0.25) is 0 Å². The van der Waals surface area contributed by atoms with E-state index < -0.39 is 5.92 Å². The number of hydrogen-bond acceptors (Lipinski definition) is 5. The number of nitrogens with one attached hydrogen (secondary N) is 2. The van der Waals surface area contributed by atoms with Gasteiger partial charge in [-0.2, -0.15) is 0 Å². The standard InChI is InChI=1S/C7H8N4O.C5H9F2N/c1-11-4-10-7(12)5-2-8-3-9-6(5)11;6-5(7)1-3-8-4-2-5/h2-3H,4H2,1H3,(H,10,12);8H,1-4H2. The number of aromatic nitrogens is 2. The van der Waals surface area contributed by atoms with Gasteiger partial charge in [-0.3, -0.25) is 4.79 Å². The molecule has 20 heavy (non-hydrogen) atoms. The predicted octanol–water partition coefficient (Wildman–Crippen LogP) is 0.619. The zero-order valence-corrected chi connectivity index (χ0v) is 11.2. The van der Waals surface area contributed by atoms with Crippen LogP contribution in [0.15, 0.2) is 12.5 Å². The molecule has 3 rings (SSSR count). The molecule has 0 spiro atoms. The Labute approximate surface area is 115 Å². The lowest BCUT2D eigenvalue weighted by Gasteiger charge is -2.25. The van der Waals surface area contributed by atoms with Crippen molar-refractivity contribution in [3.05, 3.63) is 18.1 Å². The van der Waals surface area contributed by atoms with E-state index in [-0.39, 0.29) is 18.7 Å². The number of carbonyl (C=O) groups is 1. The van der Waals surface area contributed by atoms with Crippen molar-refractivity contribution in [1.82, 2.24) is 20.6 Å². The summed E-state index contributed by atoms with van der Waals surface area (Å²) in [4.78, 5) is 20.9. The lowest BCUT2D eigenvalue weighted by molar-refractivity contribution is -0.0274. The van der Waals surface area contributed by atoms with E-state index in [1.807, 2.05) is 11.9 Å². The first kappa shape index (κ1) is 14.6. The molecule has 1 aromatic heterocycles. The van der Waals surface area contributed by atoms with E-state index in [2.05, 4.69) is 20.6 Å². The highest BCUT2D eigenvalue weighted by Gasteiger charge is 2.30. The van der Waals surface area contributed by atoms with Crippen LogP contribution in [0.25, 0.3) is 0 Å². The molecule has 1 aromatic rings. The number of fused-ring (bicyclic) bond motifs is 1. The molecule has 0 bridgehead atoms. The maximum atomic E-state index is 12.2. The van der Waals surface area contributed by atoms with Gasteiger partial charge in [-0.05, 0) is 0 Å². The molecule has 1 fully saturated rings. The Hall–Kier alpha value is -1.83. The zero-order valence-electron chi connectivity index (χ0n) is 11.2. The highest BCUT2D eigenvalue weighted by molar-refractivity contribution is 6.00. The maximum absolute atomic E-state index is 12.2. The fraction of sp³-hybridized carbons (Fsp3) is 0.583. The molecule has 110 valence electrons. The summed E-state index contributed by atoms with van der Waals surface area (Å²) in [7, 11) is 1.87. The summed E-state index contributed by atoms with van der Waals surface area (Å²) >= 11 is 0. The second-order valence-corrected chi connectivity index (χ2v) is 4.73. The van der Waals surface area contributed by atoms with Gasteiger partial charge in [0.2, 0.25) is 0 Å². The highest BCUT2D eigenvalue weighted by atomic mass is 19.3. The van der Waals surface area contributed by atoms with Crippen molar-refractivity contribution in [2.45, 2.75) is 18.8 Å². The van der Waals surface area contributed by atoms with Crippen LogP contribution in [0, 0.1) is 0 Å². The van der Waals surface area contributed by atoms with E-state index >= 15 is 0 Å². The fourth-order valence-corrected chi connectivity index (χ4v) is 1.94. The van der Waals surface area contributed by atoms with E-state index in [1.54, 1.807) is 0 Å². The Balaban J connectivity index is 0.000000160. The summed E-state index contributed by atoms with van der Waals surface area (Å²) in [6.45, 7) is 1.43. The molecule has 6 nitrogen and oxygen atoms in total. The van der Waals surface area contributed by atoms with Gasteiger partial charge >= 0.3 is 0 Å². The van der Waals surface area contributed by atoms with Crippen molar-refractivity contribution in [3.63, 3.8) is 0 Å². The smallest absolute Gasteiger partial charge is 0.258 e. The molecular formula is C12H17F2N5O. The Bertz CT molecular complexity index is 475. The first-order chi connectivity index (χ1) is 9.49. The van der Waals surface area contributed by atoms with Gasteiger partial charge < -0.3 is 15.5 Å². The number of anilines is 1. The molecule has 3 heterocycles. The highest BCUT2D eigenvalue weighted by Crippen LogP contribution is 2.23. The van der Waals surface area contributed by atoms with Crippen LogP contribution in [0.1, 0.15) is 23.2 Å². The minimum absolute atomic E-state index is 0.00694. The first-order valence-corrected chi connectivity index (χ1v) is 6.37. The second kappa shape index (κ2) is 6.08. The molecular weight excluding hydrogens is 268 g/mol. The first-order valence-electron chi connectivity index (χ1n) is 6.37. The van der Waals surface area contributed by atoms with Crippen molar-refractivity contribution in [2.24, 2.45) is 0 Å². The summed E-state index contributed by atoms with van der Waals surface area (Å²) in [5.41, 5.74) is 0.534. The van der Waals surface area contributed by atoms with E-state index in [4.69, 9.17) is 0 Å². The molecule has 0 unspecified atom stereocenters. The number of amides is 1. The van der Waals surface area contributed by atoms with E-state index in [0.29, 0.717) is 31.1 Å². The average molecular weight is 285 g/mol. The number of halogens is 2. The third-order valence-corrected chi connectivity index (χ3v) is 3.11. The van der Waals surface area contributed by atoms with Crippen LogP contribution in [0.3, 0.4) is 0 Å². The third kappa shape index (κ3) is 3.60. The van der Waals surface area contributed by atoms with E-state index in [1.165, 1.54) is 12.5 Å². The fourth-order valence-electron chi connectivity index (χ4n) is 1.94. The molecule has 0 aromatic carbocycles. The summed E-state index contributed by atoms with van der Waals surface area (Å²) < 4.78 is 24.3. The SMILES string of the molecule is CN1CNC(=O)c2cncnc21.FC1(F)CCNCC1. The van der Waals surface area contributed by atoms with Crippen LogP contribution in [-0.4, -0.2) is 48.6 Å². The summed E-state index contributed by atoms with van der Waals surface area (Å²) in [6, 6.07) is 0. The van der Waals surface area contributed by atoms with Crippen LogP contribution < -0.4 is 15.5 Å². The molecule has 2 N–H and O–H groups in total. The Morgan fingerprint density at radius 3 is 2.60 bits per heavy atom. The molecule has 1 amide bonds. The van der Waals surface area contributed by atoms with E-state index in [9.17, 15) is 13.6 Å². The predicted molar refractivity (Wildman–Crippen MR) is 69.8 cm³/mol. The van der Waals surface area contributed by atoms with Gasteiger partial charge in [-0.25, -0.2) is 18.7 Å². The lowest BCUT2D eigenvalue weighted by atomic mass is 10.1. The van der Waals surface area contributed by atoms with Gasteiger partial charge in [0.15, 0.2) is 0 Å². The van der Waals surface area contributed by atoms with Gasteiger partial charge in [0, 0.05) is 39.2 Å². The van der Waals surface area contributed by atoms with Crippen molar-refractivity contribution < 1.29 is 13.6 Å². The molecule has 2 aliphatic rings. The van der Waals surface area contributed by atoms with Gasteiger partial charge in [-0.1, -0.05) is 0 Å². The zero-order chi connectivity index (χ0) is 14.6. The minimum atomic E-state index is -2.38.